The van der Waals surface area contributed by atoms with E-state index in [4.69, 9.17) is 0 Å². The molecular weight excluding hydrogens is 406 g/mol. The third-order valence-corrected chi connectivity index (χ3v) is 5.34. The predicted octanol–water partition coefficient (Wildman–Crippen LogP) is 3.03. The van der Waals surface area contributed by atoms with Gasteiger partial charge in [-0.15, -0.1) is 0 Å². The number of fused-ring (bicyclic) bond motifs is 1. The van der Waals surface area contributed by atoms with Crippen LogP contribution in [0.15, 0.2) is 40.1 Å². The number of nitrogens with zero attached hydrogens (tertiary/aromatic N) is 4. The molecule has 0 aliphatic carbocycles. The maximum Gasteiger partial charge on any atom is 0.252 e. The highest BCUT2D eigenvalue weighted by atomic mass is 79.9. The van der Waals surface area contributed by atoms with Gasteiger partial charge in [0.1, 0.15) is 0 Å². The van der Waals surface area contributed by atoms with E-state index in [1.54, 1.807) is 10.7 Å². The first kappa shape index (κ1) is 17.8. The molecule has 2 aromatic heterocycles. The number of hydrogen-bond donors (Lipinski definition) is 1. The Balaban J connectivity index is 2.08. The van der Waals surface area contributed by atoms with E-state index in [1.807, 2.05) is 38.1 Å². The van der Waals surface area contributed by atoms with Crippen LogP contribution in [0.1, 0.15) is 30.9 Å². The minimum atomic E-state index is -3.54. The molecule has 132 valence electrons. The van der Waals surface area contributed by atoms with Crippen LogP contribution in [0, 0.1) is 0 Å². The standard InChI is InChI=1S/C16H18BrN5O2S/c1-10(2)12-9-19-22-14(12)20-16(25(3,23)24)21-15(22)18-8-11-6-4-5-7-13(11)17/h4-7,9-10H,8H2,1-3H3,(H,18,20,21). The van der Waals surface area contributed by atoms with Crippen LogP contribution < -0.4 is 5.32 Å². The van der Waals surface area contributed by atoms with Crippen LogP contribution in [0.25, 0.3) is 5.65 Å². The molecule has 0 saturated carbocycles. The van der Waals surface area contributed by atoms with Crippen molar-refractivity contribution in [3.8, 4) is 0 Å². The van der Waals surface area contributed by atoms with Gasteiger partial charge in [0.25, 0.3) is 5.16 Å². The molecule has 25 heavy (non-hydrogen) atoms. The molecule has 0 aliphatic heterocycles. The van der Waals surface area contributed by atoms with Gasteiger partial charge in [-0.3, -0.25) is 0 Å². The number of nitrogens with one attached hydrogen (secondary N) is 1. The molecule has 0 atom stereocenters. The molecule has 0 spiro atoms. The summed E-state index contributed by atoms with van der Waals surface area (Å²) < 4.78 is 26.4. The Morgan fingerprint density at radius 1 is 1.24 bits per heavy atom. The Labute approximate surface area is 154 Å². The molecule has 1 N–H and O–H groups in total. The van der Waals surface area contributed by atoms with Crippen LogP contribution in [0.2, 0.25) is 0 Å². The van der Waals surface area contributed by atoms with Gasteiger partial charge >= 0.3 is 0 Å². The summed E-state index contributed by atoms with van der Waals surface area (Å²) in [4.78, 5) is 8.38. The van der Waals surface area contributed by atoms with Crippen molar-refractivity contribution in [1.82, 2.24) is 19.6 Å². The van der Waals surface area contributed by atoms with E-state index in [0.717, 1.165) is 21.9 Å². The first-order chi connectivity index (χ1) is 11.8. The van der Waals surface area contributed by atoms with Crippen molar-refractivity contribution in [2.24, 2.45) is 0 Å². The molecule has 3 rings (SSSR count). The molecule has 0 saturated heterocycles. The number of benzene rings is 1. The van der Waals surface area contributed by atoms with E-state index in [9.17, 15) is 8.42 Å². The topological polar surface area (TPSA) is 89.2 Å². The predicted molar refractivity (Wildman–Crippen MR) is 99.4 cm³/mol. The van der Waals surface area contributed by atoms with Gasteiger partial charge in [0, 0.05) is 22.8 Å². The molecular formula is C16H18BrN5O2S. The van der Waals surface area contributed by atoms with Gasteiger partial charge in [-0.1, -0.05) is 48.0 Å². The van der Waals surface area contributed by atoms with Crippen molar-refractivity contribution in [3.63, 3.8) is 0 Å². The molecule has 9 heteroatoms. The minimum Gasteiger partial charge on any atom is -0.350 e. The fraction of sp³-hybridized carbons (Fsp3) is 0.312. The van der Waals surface area contributed by atoms with Crippen molar-refractivity contribution < 1.29 is 8.42 Å². The summed E-state index contributed by atoms with van der Waals surface area (Å²) in [5.74, 6) is 0.504. The largest absolute Gasteiger partial charge is 0.350 e. The lowest BCUT2D eigenvalue weighted by Crippen LogP contribution is -2.14. The fourth-order valence-electron chi connectivity index (χ4n) is 2.38. The summed E-state index contributed by atoms with van der Waals surface area (Å²) in [5, 5.41) is 7.27. The summed E-state index contributed by atoms with van der Waals surface area (Å²) in [5.41, 5.74) is 2.39. The second-order valence-corrected chi connectivity index (χ2v) is 8.80. The van der Waals surface area contributed by atoms with E-state index in [-0.39, 0.29) is 11.1 Å². The quantitative estimate of drug-likeness (QED) is 0.678. The first-order valence-electron chi connectivity index (χ1n) is 7.70. The van der Waals surface area contributed by atoms with Crippen LogP contribution in [-0.2, 0) is 16.4 Å². The molecule has 0 unspecified atom stereocenters. The number of halogens is 1. The van der Waals surface area contributed by atoms with Gasteiger partial charge < -0.3 is 5.32 Å². The lowest BCUT2D eigenvalue weighted by Gasteiger charge is -2.10. The Bertz CT molecular complexity index is 1030. The molecule has 2 heterocycles. The normalized spacial score (nSPS) is 12.0. The maximum atomic E-state index is 12.0. The fourth-order valence-corrected chi connectivity index (χ4v) is 3.31. The summed E-state index contributed by atoms with van der Waals surface area (Å²) in [7, 11) is -3.54. The van der Waals surface area contributed by atoms with E-state index >= 15 is 0 Å². The number of aromatic nitrogens is 4. The lowest BCUT2D eigenvalue weighted by atomic mass is 10.1. The van der Waals surface area contributed by atoms with Crippen LogP contribution in [0.5, 0.6) is 0 Å². The summed E-state index contributed by atoms with van der Waals surface area (Å²) in [6.07, 6.45) is 2.80. The number of rotatable bonds is 5. The van der Waals surface area contributed by atoms with Gasteiger partial charge in [-0.25, -0.2) is 8.42 Å². The van der Waals surface area contributed by atoms with E-state index in [2.05, 4.69) is 36.3 Å². The maximum absolute atomic E-state index is 12.0. The zero-order valence-electron chi connectivity index (χ0n) is 14.1. The van der Waals surface area contributed by atoms with Crippen LogP contribution >= 0.6 is 15.9 Å². The Morgan fingerprint density at radius 2 is 1.96 bits per heavy atom. The average molecular weight is 424 g/mol. The second-order valence-electron chi connectivity index (χ2n) is 6.04. The Morgan fingerprint density at radius 3 is 2.60 bits per heavy atom. The SMILES string of the molecule is CC(C)c1cnn2c(NCc3ccccc3Br)nc(S(C)(=O)=O)nc12. The molecule has 0 amide bonds. The third kappa shape index (κ3) is 3.67. The molecule has 7 nitrogen and oxygen atoms in total. The second kappa shape index (κ2) is 6.72. The zero-order valence-corrected chi connectivity index (χ0v) is 16.5. The van der Waals surface area contributed by atoms with Crippen LogP contribution in [0.3, 0.4) is 0 Å². The van der Waals surface area contributed by atoms with E-state index in [1.165, 1.54) is 0 Å². The first-order valence-corrected chi connectivity index (χ1v) is 10.4. The van der Waals surface area contributed by atoms with E-state index in [0.29, 0.717) is 18.1 Å². The summed E-state index contributed by atoms with van der Waals surface area (Å²) in [6.45, 7) is 4.48. The van der Waals surface area contributed by atoms with Crippen molar-refractivity contribution in [2.75, 3.05) is 11.6 Å². The Hall–Kier alpha value is -2.00. The highest BCUT2D eigenvalue weighted by Crippen LogP contribution is 2.23. The molecule has 3 aromatic rings. The number of sulfone groups is 1. The van der Waals surface area contributed by atoms with Crippen LogP contribution in [0.4, 0.5) is 5.95 Å². The molecule has 0 fully saturated rings. The third-order valence-electron chi connectivity index (χ3n) is 3.72. The summed E-state index contributed by atoms with van der Waals surface area (Å²) in [6, 6.07) is 7.78. The highest BCUT2D eigenvalue weighted by Gasteiger charge is 2.19. The smallest absolute Gasteiger partial charge is 0.252 e. The van der Waals surface area contributed by atoms with Crippen molar-refractivity contribution in [1.29, 1.82) is 0 Å². The van der Waals surface area contributed by atoms with Crippen molar-refractivity contribution in [2.45, 2.75) is 31.5 Å². The Kier molecular flexibility index (Phi) is 4.79. The van der Waals surface area contributed by atoms with Gasteiger partial charge in [0.2, 0.25) is 15.8 Å². The molecule has 0 bridgehead atoms. The van der Waals surface area contributed by atoms with Crippen LogP contribution in [-0.4, -0.2) is 34.3 Å². The summed E-state index contributed by atoms with van der Waals surface area (Å²) >= 11 is 3.50. The number of anilines is 1. The molecule has 1 aromatic carbocycles. The van der Waals surface area contributed by atoms with Gasteiger partial charge in [0.05, 0.1) is 6.20 Å². The van der Waals surface area contributed by atoms with Gasteiger partial charge in [-0.05, 0) is 17.5 Å². The number of hydrogen-bond acceptors (Lipinski definition) is 6. The molecule has 0 aliphatic rings. The average Bonchev–Trinajstić information content (AvgIpc) is 2.97. The van der Waals surface area contributed by atoms with Gasteiger partial charge in [0.15, 0.2) is 5.65 Å². The van der Waals surface area contributed by atoms with Crippen molar-refractivity contribution in [3.05, 3.63) is 46.1 Å². The lowest BCUT2D eigenvalue weighted by molar-refractivity contribution is 0.592. The van der Waals surface area contributed by atoms with E-state index < -0.39 is 9.84 Å². The zero-order chi connectivity index (χ0) is 18.2. The monoisotopic (exact) mass is 423 g/mol. The minimum absolute atomic E-state index is 0.163. The van der Waals surface area contributed by atoms with Gasteiger partial charge in [-0.2, -0.15) is 19.6 Å². The van der Waals surface area contributed by atoms with Crippen molar-refractivity contribution >= 4 is 37.4 Å². The molecule has 0 radical (unpaired) electrons. The highest BCUT2D eigenvalue weighted by molar-refractivity contribution is 9.10.